The lowest BCUT2D eigenvalue weighted by atomic mass is 10.2. The Hall–Kier alpha value is -2.16. The van der Waals surface area contributed by atoms with Crippen LogP contribution < -0.4 is 10.0 Å². The van der Waals surface area contributed by atoms with E-state index < -0.39 is 27.9 Å². The fourth-order valence-corrected chi connectivity index (χ4v) is 1.90. The molecule has 0 aliphatic carbocycles. The molecule has 1 atom stereocenters. The second kappa shape index (κ2) is 6.33. The molecule has 0 aliphatic rings. The van der Waals surface area contributed by atoms with Gasteiger partial charge in [0, 0.05) is 12.2 Å². The number of rotatable bonds is 6. The van der Waals surface area contributed by atoms with Crippen LogP contribution in [-0.4, -0.2) is 42.7 Å². The number of pyridine rings is 1. The van der Waals surface area contributed by atoms with Crippen molar-refractivity contribution < 1.29 is 23.1 Å². The number of nitrogens with one attached hydrogen (secondary N) is 2. The van der Waals surface area contributed by atoms with Crippen LogP contribution in [0.4, 0.5) is 5.82 Å². The van der Waals surface area contributed by atoms with Gasteiger partial charge in [0.05, 0.1) is 18.2 Å². The van der Waals surface area contributed by atoms with Crippen molar-refractivity contribution in [2.24, 2.45) is 0 Å². The molecule has 0 aromatic carbocycles. The third-order valence-electron chi connectivity index (χ3n) is 2.17. The molecule has 3 N–H and O–H groups in total. The third kappa shape index (κ3) is 5.65. The predicted octanol–water partition coefficient (Wildman–Crippen LogP) is 0.0461. The van der Waals surface area contributed by atoms with Gasteiger partial charge in [0.2, 0.25) is 10.0 Å². The Labute approximate surface area is 116 Å². The van der Waals surface area contributed by atoms with Gasteiger partial charge in [-0.2, -0.15) is 0 Å². The molecule has 0 radical (unpaired) electrons. The van der Waals surface area contributed by atoms with Gasteiger partial charge in [0.25, 0.3) is 5.91 Å². The number of sulfonamides is 1. The lowest BCUT2D eigenvalue weighted by molar-refractivity contribution is -0.137. The highest BCUT2D eigenvalue weighted by Gasteiger charge is 2.13. The topological polar surface area (TPSA) is 125 Å². The quantitative estimate of drug-likeness (QED) is 0.681. The van der Waals surface area contributed by atoms with Gasteiger partial charge in [0.1, 0.15) is 5.82 Å². The van der Waals surface area contributed by atoms with E-state index in [1.54, 1.807) is 6.92 Å². The smallest absolute Gasteiger partial charge is 0.305 e. The first-order chi connectivity index (χ1) is 9.17. The largest absolute Gasteiger partial charge is 0.481 e. The first-order valence-corrected chi connectivity index (χ1v) is 7.53. The standard InChI is InChI=1S/C11H15N3O5S/c1-7(5-10(15)16)13-11(17)8-3-4-9(12-6-8)14-20(2,18)19/h3-4,6-7H,5H2,1-2H3,(H,12,14)(H,13,17)(H,15,16). The van der Waals surface area contributed by atoms with E-state index in [-0.39, 0.29) is 17.8 Å². The van der Waals surface area contributed by atoms with Gasteiger partial charge in [-0.1, -0.05) is 0 Å². The number of amides is 1. The molecule has 1 heterocycles. The molecule has 1 aromatic heterocycles. The Balaban J connectivity index is 2.68. The van der Waals surface area contributed by atoms with Crippen molar-refractivity contribution in [2.75, 3.05) is 11.0 Å². The van der Waals surface area contributed by atoms with Gasteiger partial charge in [-0.25, -0.2) is 13.4 Å². The van der Waals surface area contributed by atoms with Crippen LogP contribution in [-0.2, 0) is 14.8 Å². The van der Waals surface area contributed by atoms with Crippen LogP contribution in [0, 0.1) is 0 Å². The van der Waals surface area contributed by atoms with Crippen molar-refractivity contribution >= 4 is 27.7 Å². The van der Waals surface area contributed by atoms with E-state index in [2.05, 4.69) is 15.0 Å². The number of anilines is 1. The van der Waals surface area contributed by atoms with Crippen molar-refractivity contribution in [1.82, 2.24) is 10.3 Å². The highest BCUT2D eigenvalue weighted by molar-refractivity contribution is 7.92. The monoisotopic (exact) mass is 301 g/mol. The van der Waals surface area contributed by atoms with Gasteiger partial charge in [-0.3, -0.25) is 14.3 Å². The third-order valence-corrected chi connectivity index (χ3v) is 2.75. The second-order valence-corrected chi connectivity index (χ2v) is 6.03. The molecule has 0 spiro atoms. The van der Waals surface area contributed by atoms with Crippen molar-refractivity contribution in [3.63, 3.8) is 0 Å². The molecular formula is C11H15N3O5S. The fourth-order valence-electron chi connectivity index (χ4n) is 1.40. The molecular weight excluding hydrogens is 286 g/mol. The number of carboxylic acid groups (broad SMARTS) is 1. The molecule has 8 nitrogen and oxygen atoms in total. The Morgan fingerprint density at radius 2 is 2.05 bits per heavy atom. The summed E-state index contributed by atoms with van der Waals surface area (Å²) in [5.74, 6) is -1.39. The number of aliphatic carboxylic acids is 1. The fraction of sp³-hybridized carbons (Fsp3) is 0.364. The minimum absolute atomic E-state index is 0.0997. The highest BCUT2D eigenvalue weighted by Crippen LogP contribution is 2.07. The van der Waals surface area contributed by atoms with Gasteiger partial charge >= 0.3 is 5.97 Å². The molecule has 110 valence electrons. The van der Waals surface area contributed by atoms with E-state index in [0.29, 0.717) is 0 Å². The van der Waals surface area contributed by atoms with Crippen LogP contribution in [0.25, 0.3) is 0 Å². The maximum atomic E-state index is 11.8. The summed E-state index contributed by atoms with van der Waals surface area (Å²) < 4.78 is 24.1. The Morgan fingerprint density at radius 1 is 1.40 bits per heavy atom. The number of nitrogens with zero attached hydrogens (tertiary/aromatic N) is 1. The van der Waals surface area contributed by atoms with Crippen LogP contribution in [0.2, 0.25) is 0 Å². The minimum atomic E-state index is -3.42. The zero-order valence-corrected chi connectivity index (χ0v) is 11.8. The predicted molar refractivity (Wildman–Crippen MR) is 71.9 cm³/mol. The molecule has 0 aliphatic heterocycles. The summed E-state index contributed by atoms with van der Waals surface area (Å²) in [5, 5.41) is 11.1. The molecule has 20 heavy (non-hydrogen) atoms. The Bertz CT molecular complexity index is 597. The number of carbonyl (C=O) groups excluding carboxylic acids is 1. The average molecular weight is 301 g/mol. The summed E-state index contributed by atoms with van der Waals surface area (Å²) in [7, 11) is -3.42. The molecule has 1 rings (SSSR count). The second-order valence-electron chi connectivity index (χ2n) is 4.28. The van der Waals surface area contributed by atoms with E-state index in [9.17, 15) is 18.0 Å². The lowest BCUT2D eigenvalue weighted by Gasteiger charge is -2.11. The zero-order chi connectivity index (χ0) is 15.3. The van der Waals surface area contributed by atoms with Crippen LogP contribution in [0.3, 0.4) is 0 Å². The first-order valence-electron chi connectivity index (χ1n) is 5.64. The van der Waals surface area contributed by atoms with Gasteiger partial charge in [0.15, 0.2) is 0 Å². The summed E-state index contributed by atoms with van der Waals surface area (Å²) in [6, 6.07) is 2.22. The van der Waals surface area contributed by atoms with Crippen LogP contribution in [0.15, 0.2) is 18.3 Å². The molecule has 0 saturated carbocycles. The summed E-state index contributed by atoms with van der Waals surface area (Å²) in [5.41, 5.74) is 0.210. The molecule has 0 saturated heterocycles. The number of carbonyl (C=O) groups is 2. The van der Waals surface area contributed by atoms with E-state index in [1.807, 2.05) is 0 Å². The first kappa shape index (κ1) is 15.9. The Kier molecular flexibility index (Phi) is 5.03. The number of carboxylic acids is 1. The molecule has 1 amide bonds. The molecule has 0 bridgehead atoms. The van der Waals surface area contributed by atoms with Crippen LogP contribution in [0.1, 0.15) is 23.7 Å². The highest BCUT2D eigenvalue weighted by atomic mass is 32.2. The zero-order valence-electron chi connectivity index (χ0n) is 11.0. The molecule has 0 fully saturated rings. The normalized spacial score (nSPS) is 12.5. The summed E-state index contributed by atoms with van der Waals surface area (Å²) in [4.78, 5) is 26.0. The molecule has 1 unspecified atom stereocenters. The van der Waals surface area contributed by atoms with Crippen LogP contribution in [0.5, 0.6) is 0 Å². The van der Waals surface area contributed by atoms with Crippen molar-refractivity contribution in [1.29, 1.82) is 0 Å². The summed E-state index contributed by atoms with van der Waals surface area (Å²) in [6.07, 6.45) is 2.01. The van der Waals surface area contributed by atoms with E-state index in [1.165, 1.54) is 18.3 Å². The van der Waals surface area contributed by atoms with Crippen molar-refractivity contribution in [3.05, 3.63) is 23.9 Å². The lowest BCUT2D eigenvalue weighted by Crippen LogP contribution is -2.34. The Morgan fingerprint density at radius 3 is 2.50 bits per heavy atom. The summed E-state index contributed by atoms with van der Waals surface area (Å²) >= 11 is 0. The summed E-state index contributed by atoms with van der Waals surface area (Å²) in [6.45, 7) is 1.57. The number of hydrogen-bond donors (Lipinski definition) is 3. The SMILES string of the molecule is CC(CC(=O)O)NC(=O)c1ccc(NS(C)(=O)=O)nc1. The molecule has 1 aromatic rings. The van der Waals surface area contributed by atoms with Crippen molar-refractivity contribution in [3.8, 4) is 0 Å². The van der Waals surface area contributed by atoms with E-state index in [0.717, 1.165) is 6.26 Å². The van der Waals surface area contributed by atoms with Gasteiger partial charge in [-0.05, 0) is 19.1 Å². The number of aromatic nitrogens is 1. The minimum Gasteiger partial charge on any atom is -0.481 e. The number of hydrogen-bond acceptors (Lipinski definition) is 5. The van der Waals surface area contributed by atoms with E-state index in [4.69, 9.17) is 5.11 Å². The van der Waals surface area contributed by atoms with Crippen LogP contribution >= 0.6 is 0 Å². The van der Waals surface area contributed by atoms with Gasteiger partial charge in [-0.15, -0.1) is 0 Å². The van der Waals surface area contributed by atoms with E-state index >= 15 is 0 Å². The average Bonchev–Trinajstić information content (AvgIpc) is 2.26. The molecule has 9 heteroatoms. The maximum absolute atomic E-state index is 11.8. The van der Waals surface area contributed by atoms with Gasteiger partial charge < -0.3 is 10.4 Å². The van der Waals surface area contributed by atoms with Crippen molar-refractivity contribution in [2.45, 2.75) is 19.4 Å². The maximum Gasteiger partial charge on any atom is 0.305 e.